The van der Waals surface area contributed by atoms with Crippen molar-refractivity contribution >= 4 is 32.6 Å². The number of anilines is 1. The van der Waals surface area contributed by atoms with E-state index in [1.54, 1.807) is 29.6 Å². The van der Waals surface area contributed by atoms with Crippen LogP contribution < -0.4 is 4.90 Å². The maximum Gasteiger partial charge on any atom is 0.295 e. The van der Waals surface area contributed by atoms with Crippen molar-refractivity contribution in [2.45, 2.75) is 13.0 Å². The number of nitrogens with zero attached hydrogens (tertiary/aromatic N) is 4. The summed E-state index contributed by atoms with van der Waals surface area (Å²) in [5, 5.41) is 0.688. The quantitative estimate of drug-likeness (QED) is 0.529. The molecule has 0 saturated carbocycles. The van der Waals surface area contributed by atoms with Crippen LogP contribution in [0, 0.1) is 0 Å². The standard InChI is InChI=1S/C18H16N4O2S/c23-17(15-6-3-12-24-15)22(10-4-9-21-11-8-19-13-21)18-20-14-5-1-2-7-16(14)25-18/h1-3,5-8,11-13H,4,9-10H2. The summed E-state index contributed by atoms with van der Waals surface area (Å²) in [6.07, 6.45) is 7.74. The Morgan fingerprint density at radius 1 is 1.24 bits per heavy atom. The Kier molecular flexibility index (Phi) is 4.30. The average Bonchev–Trinajstić information content (AvgIpc) is 3.39. The molecule has 6 nitrogen and oxygen atoms in total. The van der Waals surface area contributed by atoms with Crippen LogP contribution in [-0.2, 0) is 6.54 Å². The summed E-state index contributed by atoms with van der Waals surface area (Å²) in [5.41, 5.74) is 0.898. The zero-order chi connectivity index (χ0) is 17.1. The molecule has 25 heavy (non-hydrogen) atoms. The second kappa shape index (κ2) is 6.90. The number of hydrogen-bond acceptors (Lipinski definition) is 5. The Hall–Kier alpha value is -2.93. The van der Waals surface area contributed by atoms with Gasteiger partial charge in [-0.25, -0.2) is 9.97 Å². The third-order valence-electron chi connectivity index (χ3n) is 3.85. The van der Waals surface area contributed by atoms with E-state index in [1.165, 1.54) is 17.6 Å². The molecule has 0 spiro atoms. The van der Waals surface area contributed by atoms with Crippen LogP contribution in [0.1, 0.15) is 17.0 Å². The molecule has 0 fully saturated rings. The maximum absolute atomic E-state index is 12.9. The fraction of sp³-hybridized carbons (Fsp3) is 0.167. The van der Waals surface area contributed by atoms with Crippen LogP contribution in [0.3, 0.4) is 0 Å². The van der Waals surface area contributed by atoms with Gasteiger partial charge in [0.25, 0.3) is 5.91 Å². The Morgan fingerprint density at radius 2 is 2.16 bits per heavy atom. The van der Waals surface area contributed by atoms with E-state index in [4.69, 9.17) is 4.42 Å². The van der Waals surface area contributed by atoms with Gasteiger partial charge in [-0.2, -0.15) is 0 Å². The Morgan fingerprint density at radius 3 is 2.92 bits per heavy atom. The van der Waals surface area contributed by atoms with Gasteiger partial charge in [0.1, 0.15) is 0 Å². The third kappa shape index (κ3) is 3.32. The second-order valence-electron chi connectivity index (χ2n) is 5.55. The number of thiazole rings is 1. The first kappa shape index (κ1) is 15.6. The monoisotopic (exact) mass is 352 g/mol. The number of benzene rings is 1. The van der Waals surface area contributed by atoms with Crippen LogP contribution in [-0.4, -0.2) is 27.0 Å². The molecule has 0 aliphatic rings. The van der Waals surface area contributed by atoms with Gasteiger partial charge in [0.05, 0.1) is 22.8 Å². The lowest BCUT2D eigenvalue weighted by Gasteiger charge is -2.18. The summed E-state index contributed by atoms with van der Waals surface area (Å²) in [6.45, 7) is 1.34. The molecule has 1 amide bonds. The number of furan rings is 1. The number of para-hydroxylation sites is 1. The van der Waals surface area contributed by atoms with Crippen molar-refractivity contribution in [2.75, 3.05) is 11.4 Å². The number of carbonyl (C=O) groups is 1. The molecule has 0 unspecified atom stereocenters. The molecule has 0 aliphatic heterocycles. The second-order valence-corrected chi connectivity index (χ2v) is 6.56. The van der Waals surface area contributed by atoms with Gasteiger partial charge in [-0.05, 0) is 30.7 Å². The van der Waals surface area contributed by atoms with Gasteiger partial charge in [-0.1, -0.05) is 23.5 Å². The van der Waals surface area contributed by atoms with Crippen molar-refractivity contribution in [3.8, 4) is 0 Å². The molecule has 0 atom stereocenters. The lowest BCUT2D eigenvalue weighted by atomic mass is 10.3. The molecule has 0 saturated heterocycles. The number of rotatable bonds is 6. The molecule has 4 aromatic rings. The van der Waals surface area contributed by atoms with Gasteiger partial charge >= 0.3 is 0 Å². The molecule has 4 rings (SSSR count). The summed E-state index contributed by atoms with van der Waals surface area (Å²) < 4.78 is 8.35. The van der Waals surface area contributed by atoms with Crippen LogP contribution in [0.5, 0.6) is 0 Å². The number of imidazole rings is 1. The largest absolute Gasteiger partial charge is 0.459 e. The van der Waals surface area contributed by atoms with E-state index in [1.807, 2.05) is 35.0 Å². The van der Waals surface area contributed by atoms with Gasteiger partial charge in [-0.3, -0.25) is 9.69 Å². The highest BCUT2D eigenvalue weighted by atomic mass is 32.1. The number of amides is 1. The molecule has 126 valence electrons. The van der Waals surface area contributed by atoms with E-state index < -0.39 is 0 Å². The predicted octanol–water partition coefficient (Wildman–Crippen LogP) is 3.82. The fourth-order valence-electron chi connectivity index (χ4n) is 2.62. The first-order valence-corrected chi connectivity index (χ1v) is 8.79. The van der Waals surface area contributed by atoms with Gasteiger partial charge in [0, 0.05) is 25.5 Å². The molecule has 7 heteroatoms. The Labute approximate surface area is 148 Å². The van der Waals surface area contributed by atoms with E-state index in [0.717, 1.165) is 23.2 Å². The normalized spacial score (nSPS) is 11.0. The first-order chi connectivity index (χ1) is 12.3. The minimum Gasteiger partial charge on any atom is -0.459 e. The van der Waals surface area contributed by atoms with E-state index in [9.17, 15) is 4.79 Å². The summed E-state index contributed by atoms with van der Waals surface area (Å²) in [7, 11) is 0. The maximum atomic E-state index is 12.9. The fourth-order valence-corrected chi connectivity index (χ4v) is 3.61. The minimum atomic E-state index is -0.172. The Bertz CT molecular complexity index is 927. The lowest BCUT2D eigenvalue weighted by molar-refractivity contribution is 0.0959. The Balaban J connectivity index is 1.59. The van der Waals surface area contributed by atoms with E-state index in [0.29, 0.717) is 17.4 Å². The van der Waals surface area contributed by atoms with Crippen LogP contribution in [0.4, 0.5) is 5.13 Å². The molecule has 0 bridgehead atoms. The highest BCUT2D eigenvalue weighted by Gasteiger charge is 2.22. The third-order valence-corrected chi connectivity index (χ3v) is 4.91. The highest BCUT2D eigenvalue weighted by Crippen LogP contribution is 2.29. The predicted molar refractivity (Wildman–Crippen MR) is 96.8 cm³/mol. The van der Waals surface area contributed by atoms with Crippen molar-refractivity contribution in [3.63, 3.8) is 0 Å². The molecule has 0 aliphatic carbocycles. The topological polar surface area (TPSA) is 64.2 Å². The van der Waals surface area contributed by atoms with E-state index in [2.05, 4.69) is 9.97 Å². The van der Waals surface area contributed by atoms with Crippen molar-refractivity contribution in [3.05, 3.63) is 67.1 Å². The number of fused-ring (bicyclic) bond motifs is 1. The minimum absolute atomic E-state index is 0.172. The van der Waals surface area contributed by atoms with Gasteiger partial charge in [0.15, 0.2) is 10.9 Å². The molecule has 3 aromatic heterocycles. The van der Waals surface area contributed by atoms with Gasteiger partial charge in [0.2, 0.25) is 0 Å². The van der Waals surface area contributed by atoms with Crippen molar-refractivity contribution in [1.82, 2.24) is 14.5 Å². The number of aryl methyl sites for hydroxylation is 1. The van der Waals surface area contributed by atoms with Crippen LogP contribution in [0.25, 0.3) is 10.2 Å². The molecular weight excluding hydrogens is 336 g/mol. The van der Waals surface area contributed by atoms with E-state index in [-0.39, 0.29) is 5.91 Å². The summed E-state index contributed by atoms with van der Waals surface area (Å²) in [5.74, 6) is 0.150. The average molecular weight is 352 g/mol. The summed E-state index contributed by atoms with van der Waals surface area (Å²) in [6, 6.07) is 11.3. The summed E-state index contributed by atoms with van der Waals surface area (Å²) >= 11 is 1.51. The van der Waals surface area contributed by atoms with Crippen molar-refractivity contribution in [2.24, 2.45) is 0 Å². The molecular formula is C18H16N4O2S. The van der Waals surface area contributed by atoms with Crippen LogP contribution in [0.15, 0.2) is 65.8 Å². The lowest BCUT2D eigenvalue weighted by Crippen LogP contribution is -2.32. The van der Waals surface area contributed by atoms with Crippen LogP contribution in [0.2, 0.25) is 0 Å². The van der Waals surface area contributed by atoms with Gasteiger partial charge < -0.3 is 8.98 Å². The van der Waals surface area contributed by atoms with Crippen LogP contribution >= 0.6 is 11.3 Å². The molecule has 0 N–H and O–H groups in total. The first-order valence-electron chi connectivity index (χ1n) is 7.98. The summed E-state index contributed by atoms with van der Waals surface area (Å²) in [4.78, 5) is 23.2. The molecule has 1 aromatic carbocycles. The van der Waals surface area contributed by atoms with Crippen molar-refractivity contribution < 1.29 is 9.21 Å². The van der Waals surface area contributed by atoms with Crippen molar-refractivity contribution in [1.29, 1.82) is 0 Å². The van der Waals surface area contributed by atoms with Gasteiger partial charge in [-0.15, -0.1) is 0 Å². The zero-order valence-electron chi connectivity index (χ0n) is 13.4. The van der Waals surface area contributed by atoms with E-state index >= 15 is 0 Å². The number of hydrogen-bond donors (Lipinski definition) is 0. The SMILES string of the molecule is O=C(c1ccco1)N(CCCn1ccnc1)c1nc2ccccc2s1. The highest BCUT2D eigenvalue weighted by molar-refractivity contribution is 7.22. The molecule has 0 radical (unpaired) electrons. The smallest absolute Gasteiger partial charge is 0.295 e. The zero-order valence-corrected chi connectivity index (χ0v) is 14.2. The number of carbonyl (C=O) groups excluding carboxylic acids is 1. The number of aromatic nitrogens is 3. The molecule has 3 heterocycles.